The Bertz CT molecular complexity index is 164. The summed E-state index contributed by atoms with van der Waals surface area (Å²) in [6, 6.07) is 0. The fourth-order valence-corrected chi connectivity index (χ4v) is 1.26. The molecule has 0 atom stereocenters. The lowest BCUT2D eigenvalue weighted by Gasteiger charge is -2.00. The van der Waals surface area contributed by atoms with E-state index >= 15 is 0 Å². The molecule has 0 aliphatic carbocycles. The van der Waals surface area contributed by atoms with Crippen molar-refractivity contribution in [3.8, 4) is 0 Å². The Hall–Kier alpha value is -0.360. The molecule has 0 aromatic heterocycles. The number of rotatable bonds is 4. The van der Waals surface area contributed by atoms with Crippen LogP contribution in [0.15, 0.2) is 0 Å². The van der Waals surface area contributed by atoms with Crippen molar-refractivity contribution in [1.29, 1.82) is 0 Å². The minimum atomic E-state index is -3.41. The fourth-order valence-electron chi connectivity index (χ4n) is 0.421. The van der Waals surface area contributed by atoms with E-state index in [4.69, 9.17) is 6.57 Å². The van der Waals surface area contributed by atoms with Gasteiger partial charge in [-0.05, 0) is 13.8 Å². The van der Waals surface area contributed by atoms with Crippen LogP contribution in [-0.4, -0.2) is 13.2 Å². The van der Waals surface area contributed by atoms with Crippen molar-refractivity contribution >= 4 is 7.75 Å². The Labute approximate surface area is 60.5 Å². The second kappa shape index (κ2) is 4.45. The number of hydrogen-bond donors (Lipinski definition) is 0. The lowest BCUT2D eigenvalue weighted by Crippen LogP contribution is -1.90. The molecule has 0 aliphatic heterocycles. The molecule has 0 saturated heterocycles. The van der Waals surface area contributed by atoms with Gasteiger partial charge in [0.25, 0.3) is 0 Å². The zero-order valence-electron chi connectivity index (χ0n) is 6.03. The Morgan fingerprint density at radius 1 is 1.40 bits per heavy atom. The molecule has 5 heteroatoms. The van der Waals surface area contributed by atoms with E-state index in [2.05, 4.69) is 13.7 Å². The second-order valence-electron chi connectivity index (χ2n) is 1.40. The van der Waals surface area contributed by atoms with Gasteiger partial charge in [0.15, 0.2) is 0 Å². The third-order valence-electron chi connectivity index (χ3n) is 0.707. The normalized spacial score (nSPS) is 10.9. The van der Waals surface area contributed by atoms with E-state index < -0.39 is 7.75 Å². The van der Waals surface area contributed by atoms with Gasteiger partial charge in [-0.1, -0.05) is 0 Å². The first-order valence-corrected chi connectivity index (χ1v) is 4.46. The highest BCUT2D eigenvalue weighted by Crippen LogP contribution is 2.49. The Kier molecular flexibility index (Phi) is 4.29. The molecular formula is C5H10NO3P. The van der Waals surface area contributed by atoms with Crippen LogP contribution in [0.3, 0.4) is 0 Å². The summed E-state index contributed by atoms with van der Waals surface area (Å²) in [6.45, 7) is 10.3. The molecule has 10 heavy (non-hydrogen) atoms. The summed E-state index contributed by atoms with van der Waals surface area (Å²) in [5.41, 5.74) is 0. The van der Waals surface area contributed by atoms with Crippen LogP contribution in [0, 0.1) is 6.57 Å². The topological polar surface area (TPSA) is 39.9 Å². The molecule has 0 aromatic rings. The van der Waals surface area contributed by atoms with Crippen LogP contribution < -0.4 is 0 Å². The van der Waals surface area contributed by atoms with Gasteiger partial charge in [0, 0.05) is 0 Å². The fraction of sp³-hybridized carbons (Fsp3) is 0.800. The van der Waals surface area contributed by atoms with E-state index in [9.17, 15) is 4.57 Å². The Morgan fingerprint density at radius 3 is 2.00 bits per heavy atom. The molecule has 0 N–H and O–H groups in total. The molecule has 0 amide bonds. The lowest BCUT2D eigenvalue weighted by molar-refractivity contribution is 0.228. The molecule has 0 aromatic carbocycles. The highest BCUT2D eigenvalue weighted by atomic mass is 31.2. The highest BCUT2D eigenvalue weighted by Gasteiger charge is 2.31. The van der Waals surface area contributed by atoms with E-state index in [1.807, 2.05) is 0 Å². The summed E-state index contributed by atoms with van der Waals surface area (Å²) in [4.78, 5) is 0. The second-order valence-corrected chi connectivity index (χ2v) is 3.06. The zero-order valence-corrected chi connectivity index (χ0v) is 6.93. The summed E-state index contributed by atoms with van der Waals surface area (Å²) < 4.78 is 22.9. The van der Waals surface area contributed by atoms with Crippen molar-refractivity contribution in [2.45, 2.75) is 13.8 Å². The summed E-state index contributed by atoms with van der Waals surface area (Å²) in [5, 5.41) is 0. The maximum Gasteiger partial charge on any atom is 0.693 e. The minimum absolute atomic E-state index is 0.236. The van der Waals surface area contributed by atoms with Crippen molar-refractivity contribution in [2.75, 3.05) is 13.2 Å². The predicted octanol–water partition coefficient (Wildman–Crippen LogP) is 2.09. The molecule has 0 bridgehead atoms. The molecule has 58 valence electrons. The molecule has 0 saturated carbocycles. The monoisotopic (exact) mass is 163 g/mol. The van der Waals surface area contributed by atoms with Crippen LogP contribution in [0.4, 0.5) is 0 Å². The molecule has 0 unspecified atom stereocenters. The van der Waals surface area contributed by atoms with Crippen molar-refractivity contribution in [3.05, 3.63) is 11.2 Å². The van der Waals surface area contributed by atoms with Gasteiger partial charge in [-0.2, -0.15) is 4.57 Å². The number of nitrogens with zero attached hydrogens (tertiary/aromatic N) is 1. The van der Waals surface area contributed by atoms with E-state index in [1.54, 1.807) is 13.8 Å². The van der Waals surface area contributed by atoms with Gasteiger partial charge >= 0.3 is 7.75 Å². The van der Waals surface area contributed by atoms with Crippen molar-refractivity contribution < 1.29 is 13.6 Å². The highest BCUT2D eigenvalue weighted by molar-refractivity contribution is 7.56. The molecular weight excluding hydrogens is 153 g/mol. The average molecular weight is 163 g/mol. The van der Waals surface area contributed by atoms with Crippen LogP contribution >= 0.6 is 7.75 Å². The van der Waals surface area contributed by atoms with Crippen LogP contribution in [0.25, 0.3) is 4.62 Å². The standard InChI is InChI=1S/C5H10NO3P/c1-4-8-10(7,6-3)9-5-2/h4-5H2,1-2H3. The van der Waals surface area contributed by atoms with E-state index in [0.717, 1.165) is 0 Å². The van der Waals surface area contributed by atoms with Gasteiger partial charge in [0.2, 0.25) is 0 Å². The average Bonchev–Trinajstić information content (AvgIpc) is 1.89. The SMILES string of the molecule is [C-]#[N+]P(=O)(OCC)OCC. The maximum atomic E-state index is 11.0. The van der Waals surface area contributed by atoms with Gasteiger partial charge in [-0.25, -0.2) is 20.2 Å². The predicted molar refractivity (Wildman–Crippen MR) is 37.5 cm³/mol. The summed E-state index contributed by atoms with van der Waals surface area (Å²) >= 11 is 0. The third-order valence-corrected chi connectivity index (χ3v) is 2.12. The van der Waals surface area contributed by atoms with Crippen LogP contribution in [-0.2, 0) is 13.6 Å². The first kappa shape index (κ1) is 9.64. The van der Waals surface area contributed by atoms with Crippen LogP contribution in [0.1, 0.15) is 13.8 Å². The molecule has 0 radical (unpaired) electrons. The van der Waals surface area contributed by atoms with E-state index in [1.165, 1.54) is 0 Å². The Balaban J connectivity index is 4.00. The molecule has 0 fully saturated rings. The number of hydrogen-bond acceptors (Lipinski definition) is 3. The molecule has 0 rings (SSSR count). The first-order valence-electron chi connectivity index (χ1n) is 2.96. The summed E-state index contributed by atoms with van der Waals surface area (Å²) in [7, 11) is -3.41. The molecule has 0 aliphatic rings. The quantitative estimate of drug-likeness (QED) is 0.470. The van der Waals surface area contributed by atoms with Gasteiger partial charge < -0.3 is 0 Å². The van der Waals surface area contributed by atoms with E-state index in [-0.39, 0.29) is 13.2 Å². The van der Waals surface area contributed by atoms with Gasteiger partial charge in [0.1, 0.15) is 0 Å². The van der Waals surface area contributed by atoms with Crippen molar-refractivity contribution in [1.82, 2.24) is 0 Å². The van der Waals surface area contributed by atoms with Crippen LogP contribution in [0.5, 0.6) is 0 Å². The van der Waals surface area contributed by atoms with Crippen molar-refractivity contribution in [3.63, 3.8) is 0 Å². The molecule has 0 heterocycles. The lowest BCUT2D eigenvalue weighted by atomic mass is 10.9. The maximum absolute atomic E-state index is 11.0. The summed E-state index contributed by atoms with van der Waals surface area (Å²) in [6.07, 6.45) is 0. The summed E-state index contributed by atoms with van der Waals surface area (Å²) in [5.74, 6) is 0. The molecule has 0 spiro atoms. The first-order chi connectivity index (χ1) is 4.68. The Morgan fingerprint density at radius 2 is 1.80 bits per heavy atom. The van der Waals surface area contributed by atoms with Gasteiger partial charge in [-0.3, -0.25) is 0 Å². The smallest absolute Gasteiger partial charge is 0.245 e. The largest absolute Gasteiger partial charge is 0.693 e. The van der Waals surface area contributed by atoms with Gasteiger partial charge in [0.05, 0.1) is 13.2 Å². The van der Waals surface area contributed by atoms with E-state index in [0.29, 0.717) is 0 Å². The van der Waals surface area contributed by atoms with Gasteiger partial charge in [-0.15, -0.1) is 0 Å². The third kappa shape index (κ3) is 2.98. The van der Waals surface area contributed by atoms with Crippen molar-refractivity contribution in [2.24, 2.45) is 0 Å². The van der Waals surface area contributed by atoms with Crippen LogP contribution in [0.2, 0.25) is 0 Å². The molecule has 4 nitrogen and oxygen atoms in total. The zero-order chi connectivity index (χ0) is 8.04. The minimum Gasteiger partial charge on any atom is -0.245 e.